The molecule has 0 saturated heterocycles. The van der Waals surface area contributed by atoms with E-state index >= 15 is 0 Å². The summed E-state index contributed by atoms with van der Waals surface area (Å²) in [5.41, 5.74) is 8.18. The zero-order valence-corrected chi connectivity index (χ0v) is 14.9. The molecule has 3 rings (SSSR count). The molecule has 0 spiro atoms. The van der Waals surface area contributed by atoms with Crippen molar-refractivity contribution in [3.8, 4) is 11.4 Å². The maximum atomic E-state index is 12.6. The molecule has 1 aliphatic carbocycles. The molecule has 0 radical (unpaired) electrons. The second kappa shape index (κ2) is 7.70. The number of aryl methyl sites for hydroxylation is 1. The smallest absolute Gasteiger partial charge is 0.272 e. The van der Waals surface area contributed by atoms with Crippen LogP contribution in [0, 0.1) is 12.8 Å². The molecule has 2 unspecified atom stereocenters. The SMILES string of the molecule is COc1ccc(C)cc1-n1ccc(C(=O)NC2CCCCC2CN)n1. The zero-order valence-electron chi connectivity index (χ0n) is 14.9. The number of aromatic nitrogens is 2. The van der Waals surface area contributed by atoms with Gasteiger partial charge in [0.15, 0.2) is 5.69 Å². The lowest BCUT2D eigenvalue weighted by Gasteiger charge is -2.31. The lowest BCUT2D eigenvalue weighted by Crippen LogP contribution is -2.44. The van der Waals surface area contributed by atoms with Crippen LogP contribution in [-0.4, -0.2) is 35.4 Å². The molecule has 134 valence electrons. The van der Waals surface area contributed by atoms with Gasteiger partial charge >= 0.3 is 0 Å². The number of nitrogens with two attached hydrogens (primary N) is 1. The first kappa shape index (κ1) is 17.5. The summed E-state index contributed by atoms with van der Waals surface area (Å²) in [7, 11) is 1.63. The van der Waals surface area contributed by atoms with Gasteiger partial charge in [0.05, 0.1) is 7.11 Å². The predicted octanol–water partition coefficient (Wildman–Crippen LogP) is 2.44. The van der Waals surface area contributed by atoms with E-state index in [9.17, 15) is 4.79 Å². The number of hydrogen-bond donors (Lipinski definition) is 2. The summed E-state index contributed by atoms with van der Waals surface area (Å²) in [6.45, 7) is 2.62. The largest absolute Gasteiger partial charge is 0.494 e. The Kier molecular flexibility index (Phi) is 5.38. The summed E-state index contributed by atoms with van der Waals surface area (Å²) < 4.78 is 7.08. The molecule has 1 heterocycles. The van der Waals surface area contributed by atoms with Crippen molar-refractivity contribution in [2.24, 2.45) is 11.7 Å². The molecular weight excluding hydrogens is 316 g/mol. The van der Waals surface area contributed by atoms with Crippen LogP contribution in [-0.2, 0) is 0 Å². The van der Waals surface area contributed by atoms with Crippen molar-refractivity contribution in [2.45, 2.75) is 38.6 Å². The summed E-state index contributed by atoms with van der Waals surface area (Å²) in [4.78, 5) is 12.6. The minimum absolute atomic E-state index is 0.143. The topological polar surface area (TPSA) is 82.2 Å². The minimum atomic E-state index is -0.143. The number of methoxy groups -OCH3 is 1. The Balaban J connectivity index is 1.77. The maximum absolute atomic E-state index is 12.6. The fourth-order valence-corrected chi connectivity index (χ4v) is 3.48. The van der Waals surface area contributed by atoms with Gasteiger partial charge in [0.2, 0.25) is 0 Å². The van der Waals surface area contributed by atoms with Crippen molar-refractivity contribution in [1.82, 2.24) is 15.1 Å². The van der Waals surface area contributed by atoms with Crippen LogP contribution >= 0.6 is 0 Å². The van der Waals surface area contributed by atoms with Gasteiger partial charge in [-0.15, -0.1) is 0 Å². The molecule has 2 aromatic rings. The fraction of sp³-hybridized carbons (Fsp3) is 0.474. The lowest BCUT2D eigenvalue weighted by atomic mass is 9.84. The predicted molar refractivity (Wildman–Crippen MR) is 97.1 cm³/mol. The Morgan fingerprint density at radius 1 is 1.36 bits per heavy atom. The Hall–Kier alpha value is -2.34. The van der Waals surface area contributed by atoms with Crippen molar-refractivity contribution in [3.05, 3.63) is 41.7 Å². The van der Waals surface area contributed by atoms with E-state index in [0.29, 0.717) is 18.2 Å². The number of benzene rings is 1. The Morgan fingerprint density at radius 2 is 2.16 bits per heavy atom. The third-order valence-corrected chi connectivity index (χ3v) is 4.93. The third kappa shape index (κ3) is 3.85. The molecular formula is C19H26N4O2. The van der Waals surface area contributed by atoms with E-state index in [1.54, 1.807) is 24.1 Å². The summed E-state index contributed by atoms with van der Waals surface area (Å²) in [5, 5.41) is 7.55. The number of ether oxygens (including phenoxy) is 1. The van der Waals surface area contributed by atoms with Crippen LogP contribution in [0.2, 0.25) is 0 Å². The Morgan fingerprint density at radius 3 is 2.92 bits per heavy atom. The van der Waals surface area contributed by atoms with Crippen LogP contribution in [0.5, 0.6) is 5.75 Å². The number of carbonyl (C=O) groups is 1. The van der Waals surface area contributed by atoms with Gasteiger partial charge in [-0.3, -0.25) is 4.79 Å². The normalized spacial score (nSPS) is 20.3. The molecule has 6 heteroatoms. The van der Waals surface area contributed by atoms with Gasteiger partial charge in [0, 0.05) is 12.2 Å². The lowest BCUT2D eigenvalue weighted by molar-refractivity contribution is 0.0902. The molecule has 6 nitrogen and oxygen atoms in total. The highest BCUT2D eigenvalue weighted by Crippen LogP contribution is 2.25. The molecule has 1 aromatic heterocycles. The number of amides is 1. The minimum Gasteiger partial charge on any atom is -0.494 e. The molecule has 1 saturated carbocycles. The molecule has 1 aliphatic rings. The summed E-state index contributed by atoms with van der Waals surface area (Å²) in [5.74, 6) is 0.934. The average molecular weight is 342 g/mol. The zero-order chi connectivity index (χ0) is 17.8. The van der Waals surface area contributed by atoms with Gasteiger partial charge in [-0.1, -0.05) is 18.9 Å². The monoisotopic (exact) mass is 342 g/mol. The highest BCUT2D eigenvalue weighted by Gasteiger charge is 2.26. The second-order valence-corrected chi connectivity index (χ2v) is 6.68. The maximum Gasteiger partial charge on any atom is 0.272 e. The van der Waals surface area contributed by atoms with E-state index in [4.69, 9.17) is 10.5 Å². The molecule has 1 aromatic carbocycles. The number of rotatable bonds is 5. The number of hydrogen-bond acceptors (Lipinski definition) is 4. The van der Waals surface area contributed by atoms with Crippen LogP contribution in [0.15, 0.2) is 30.5 Å². The second-order valence-electron chi connectivity index (χ2n) is 6.68. The van der Waals surface area contributed by atoms with Crippen molar-refractivity contribution >= 4 is 5.91 Å². The summed E-state index contributed by atoms with van der Waals surface area (Å²) >= 11 is 0. The molecule has 3 N–H and O–H groups in total. The van der Waals surface area contributed by atoms with Crippen molar-refractivity contribution in [1.29, 1.82) is 0 Å². The van der Waals surface area contributed by atoms with Gasteiger partial charge in [-0.2, -0.15) is 5.10 Å². The van der Waals surface area contributed by atoms with E-state index in [2.05, 4.69) is 10.4 Å². The first-order valence-corrected chi connectivity index (χ1v) is 8.84. The van der Waals surface area contributed by atoms with Gasteiger partial charge in [-0.25, -0.2) is 4.68 Å². The van der Waals surface area contributed by atoms with E-state index in [-0.39, 0.29) is 11.9 Å². The highest BCUT2D eigenvalue weighted by molar-refractivity contribution is 5.92. The van der Waals surface area contributed by atoms with Crippen molar-refractivity contribution < 1.29 is 9.53 Å². The third-order valence-electron chi connectivity index (χ3n) is 4.93. The Bertz CT molecular complexity index is 741. The van der Waals surface area contributed by atoms with Crippen molar-refractivity contribution in [2.75, 3.05) is 13.7 Å². The van der Waals surface area contributed by atoms with E-state index in [1.165, 1.54) is 6.42 Å². The van der Waals surface area contributed by atoms with Crippen LogP contribution < -0.4 is 15.8 Å². The highest BCUT2D eigenvalue weighted by atomic mass is 16.5. The molecule has 0 bridgehead atoms. The first-order valence-electron chi connectivity index (χ1n) is 8.84. The molecule has 0 aliphatic heterocycles. The van der Waals surface area contributed by atoms with Crippen LogP contribution in [0.3, 0.4) is 0 Å². The van der Waals surface area contributed by atoms with E-state index in [1.807, 2.05) is 25.1 Å². The Labute approximate surface area is 148 Å². The van der Waals surface area contributed by atoms with Crippen LogP contribution in [0.4, 0.5) is 0 Å². The van der Waals surface area contributed by atoms with Crippen LogP contribution in [0.1, 0.15) is 41.7 Å². The summed E-state index contributed by atoms with van der Waals surface area (Å²) in [6.07, 6.45) is 6.18. The van der Waals surface area contributed by atoms with Gasteiger partial charge in [-0.05, 0) is 56.0 Å². The first-order chi connectivity index (χ1) is 12.1. The van der Waals surface area contributed by atoms with Gasteiger partial charge in [0.1, 0.15) is 11.4 Å². The number of nitrogens with zero attached hydrogens (tertiary/aromatic N) is 2. The fourth-order valence-electron chi connectivity index (χ4n) is 3.48. The molecule has 1 amide bonds. The number of nitrogens with one attached hydrogen (secondary N) is 1. The quantitative estimate of drug-likeness (QED) is 0.874. The van der Waals surface area contributed by atoms with Gasteiger partial charge in [0.25, 0.3) is 5.91 Å². The van der Waals surface area contributed by atoms with E-state index < -0.39 is 0 Å². The van der Waals surface area contributed by atoms with Crippen LogP contribution in [0.25, 0.3) is 5.69 Å². The van der Waals surface area contributed by atoms with E-state index in [0.717, 1.165) is 36.3 Å². The summed E-state index contributed by atoms with van der Waals surface area (Å²) in [6, 6.07) is 7.75. The molecule has 1 fully saturated rings. The average Bonchev–Trinajstić information content (AvgIpc) is 3.12. The van der Waals surface area contributed by atoms with Crippen molar-refractivity contribution in [3.63, 3.8) is 0 Å². The molecule has 25 heavy (non-hydrogen) atoms. The standard InChI is InChI=1S/C19H26N4O2/c1-13-7-8-18(25-2)17(11-13)23-10-9-16(22-23)19(24)21-15-6-4-3-5-14(15)12-20/h7-11,14-15H,3-6,12,20H2,1-2H3,(H,21,24). The molecule has 2 atom stereocenters. The van der Waals surface area contributed by atoms with Gasteiger partial charge < -0.3 is 15.8 Å². The number of carbonyl (C=O) groups excluding carboxylic acids is 1.